The number of nitrogens with one attached hydrogen (secondary N) is 2. The number of nitrogen functional groups attached to an aromatic ring is 1. The molecule has 9 nitrogen and oxygen atoms in total. The normalized spacial score (nSPS) is 11.2. The first-order valence-corrected chi connectivity index (χ1v) is 9.35. The molecule has 2 rings (SSSR count). The zero-order valence-corrected chi connectivity index (χ0v) is 16.8. The number of hydrogen-bond acceptors (Lipinski definition) is 6. The van der Waals surface area contributed by atoms with Gasteiger partial charge < -0.3 is 20.4 Å². The van der Waals surface area contributed by atoms with Crippen LogP contribution in [0.5, 0.6) is 0 Å². The summed E-state index contributed by atoms with van der Waals surface area (Å²) in [5.41, 5.74) is 5.19. The predicted molar refractivity (Wildman–Crippen MR) is 108 cm³/mol. The van der Waals surface area contributed by atoms with Crippen molar-refractivity contribution in [3.05, 3.63) is 45.0 Å². The summed E-state index contributed by atoms with van der Waals surface area (Å²) in [5.74, 6) is 0.752. The second kappa shape index (κ2) is 9.29. The van der Waals surface area contributed by atoms with Gasteiger partial charge in [0.1, 0.15) is 17.3 Å². The number of hydrogen-bond donors (Lipinski definition) is 3. The number of rotatable bonds is 9. The number of amides is 1. The number of carbonyl (C=O) groups excluding carboxylic acids is 1. The van der Waals surface area contributed by atoms with Gasteiger partial charge in [0, 0.05) is 13.1 Å². The van der Waals surface area contributed by atoms with Crippen LogP contribution in [0.1, 0.15) is 33.5 Å². The highest BCUT2D eigenvalue weighted by Gasteiger charge is 2.22. The van der Waals surface area contributed by atoms with Crippen LogP contribution in [0.2, 0.25) is 0 Å². The number of anilines is 2. The number of aromatic nitrogens is 2. The Bertz CT molecular complexity index is 896. The van der Waals surface area contributed by atoms with E-state index in [2.05, 4.69) is 10.3 Å². The monoisotopic (exact) mass is 391 g/mol. The van der Waals surface area contributed by atoms with Crippen LogP contribution in [0.3, 0.4) is 0 Å². The highest BCUT2D eigenvalue weighted by molar-refractivity contribution is 5.82. The lowest BCUT2D eigenvalue weighted by Crippen LogP contribution is -2.44. The molecule has 0 saturated carbocycles. The van der Waals surface area contributed by atoms with Crippen molar-refractivity contribution >= 4 is 17.4 Å². The molecular weight excluding hydrogens is 362 g/mol. The third-order valence-corrected chi connectivity index (χ3v) is 4.04. The highest BCUT2D eigenvalue weighted by Crippen LogP contribution is 2.18. The Morgan fingerprint density at radius 3 is 2.57 bits per heavy atom. The van der Waals surface area contributed by atoms with Crippen molar-refractivity contribution in [1.29, 1.82) is 0 Å². The van der Waals surface area contributed by atoms with Crippen LogP contribution in [0, 0.1) is 11.8 Å². The van der Waals surface area contributed by atoms with Crippen molar-refractivity contribution in [1.82, 2.24) is 14.9 Å². The molecule has 0 spiro atoms. The third kappa shape index (κ3) is 5.51. The van der Waals surface area contributed by atoms with Gasteiger partial charge in [0.25, 0.3) is 5.56 Å². The van der Waals surface area contributed by atoms with Gasteiger partial charge in [-0.25, -0.2) is 4.79 Å². The average Bonchev–Trinajstić information content (AvgIpc) is 3.09. The number of nitrogens with zero attached hydrogens (tertiary/aromatic N) is 2. The molecule has 154 valence electrons. The first kappa shape index (κ1) is 21.3. The van der Waals surface area contributed by atoms with E-state index in [1.165, 1.54) is 10.8 Å². The van der Waals surface area contributed by atoms with Crippen LogP contribution >= 0.6 is 0 Å². The number of H-pyrrole nitrogens is 1. The van der Waals surface area contributed by atoms with Gasteiger partial charge in [-0.3, -0.25) is 19.1 Å². The maximum absolute atomic E-state index is 12.5. The summed E-state index contributed by atoms with van der Waals surface area (Å²) in [7, 11) is 0. The Kier molecular flexibility index (Phi) is 7.08. The van der Waals surface area contributed by atoms with Crippen molar-refractivity contribution < 1.29 is 9.21 Å². The van der Waals surface area contributed by atoms with Crippen LogP contribution in [-0.4, -0.2) is 28.5 Å². The van der Waals surface area contributed by atoms with Crippen molar-refractivity contribution in [3.63, 3.8) is 0 Å². The Morgan fingerprint density at radius 2 is 2.00 bits per heavy atom. The smallest absolute Gasteiger partial charge is 0.330 e. The topological polar surface area (TPSA) is 126 Å². The molecule has 0 fully saturated rings. The molecule has 1 amide bonds. The van der Waals surface area contributed by atoms with Crippen molar-refractivity contribution in [2.24, 2.45) is 11.8 Å². The Hall–Kier alpha value is -2.97. The van der Waals surface area contributed by atoms with E-state index in [0.717, 1.165) is 0 Å². The number of nitrogens with two attached hydrogens (primary N) is 1. The van der Waals surface area contributed by atoms with Crippen LogP contribution < -0.4 is 27.2 Å². The fraction of sp³-hybridized carbons (Fsp3) is 0.526. The second-order valence-corrected chi connectivity index (χ2v) is 7.63. The number of furan rings is 1. The zero-order valence-electron chi connectivity index (χ0n) is 16.8. The molecule has 0 aromatic carbocycles. The molecular formula is C19H29N5O4. The Morgan fingerprint density at radius 1 is 1.29 bits per heavy atom. The first-order chi connectivity index (χ1) is 13.2. The summed E-state index contributed by atoms with van der Waals surface area (Å²) in [6.07, 6.45) is 1.53. The van der Waals surface area contributed by atoms with Crippen LogP contribution in [-0.2, 0) is 17.9 Å². The van der Waals surface area contributed by atoms with Gasteiger partial charge in [0.2, 0.25) is 5.91 Å². The zero-order chi connectivity index (χ0) is 20.8. The summed E-state index contributed by atoms with van der Waals surface area (Å²) in [6, 6.07) is 3.50. The summed E-state index contributed by atoms with van der Waals surface area (Å²) in [5, 5.41) is 2.76. The standard InChI is InChI=1S/C19H29N5O4/c1-12(2)9-23(11-15(25)21-8-14-6-5-7-28-14)16-17(20)24(10-13(3)4)19(27)22-18(16)26/h5-7,12-13H,8-11,20H2,1-4H3,(H,21,25)(H,22,26,27). The molecule has 0 bridgehead atoms. The Balaban J connectivity index is 2.30. The molecule has 0 aliphatic carbocycles. The van der Waals surface area contributed by atoms with Gasteiger partial charge in [-0.05, 0) is 24.0 Å². The molecule has 0 aliphatic heterocycles. The van der Waals surface area contributed by atoms with E-state index in [4.69, 9.17) is 10.2 Å². The maximum Gasteiger partial charge on any atom is 0.330 e. The lowest BCUT2D eigenvalue weighted by molar-refractivity contribution is -0.120. The SMILES string of the molecule is CC(C)CN(CC(=O)NCc1ccco1)c1c(N)n(CC(C)C)c(=O)[nH]c1=O. The van der Waals surface area contributed by atoms with E-state index in [0.29, 0.717) is 18.8 Å². The fourth-order valence-electron chi connectivity index (χ4n) is 2.93. The molecule has 2 aromatic heterocycles. The van der Waals surface area contributed by atoms with Crippen molar-refractivity contribution in [2.45, 2.75) is 40.8 Å². The summed E-state index contributed by atoms with van der Waals surface area (Å²) < 4.78 is 6.54. The van der Waals surface area contributed by atoms with E-state index in [9.17, 15) is 14.4 Å². The van der Waals surface area contributed by atoms with Crippen LogP contribution in [0.25, 0.3) is 0 Å². The molecule has 9 heteroatoms. The van der Waals surface area contributed by atoms with E-state index < -0.39 is 11.2 Å². The predicted octanol–water partition coefficient (Wildman–Crippen LogP) is 1.15. The van der Waals surface area contributed by atoms with Crippen LogP contribution in [0.4, 0.5) is 11.5 Å². The third-order valence-electron chi connectivity index (χ3n) is 4.04. The maximum atomic E-state index is 12.5. The number of aromatic amines is 1. The summed E-state index contributed by atoms with van der Waals surface area (Å²) in [4.78, 5) is 41.1. The second-order valence-electron chi connectivity index (χ2n) is 7.63. The highest BCUT2D eigenvalue weighted by atomic mass is 16.3. The minimum atomic E-state index is -0.595. The molecule has 0 atom stereocenters. The van der Waals surface area contributed by atoms with Gasteiger partial charge in [-0.2, -0.15) is 0 Å². The molecule has 28 heavy (non-hydrogen) atoms. The van der Waals surface area contributed by atoms with E-state index in [-0.39, 0.29) is 42.3 Å². The molecule has 0 radical (unpaired) electrons. The Labute approximate surface area is 163 Å². The quantitative estimate of drug-likeness (QED) is 0.588. The molecule has 2 heterocycles. The summed E-state index contributed by atoms with van der Waals surface area (Å²) in [6.45, 7) is 8.84. The van der Waals surface area contributed by atoms with E-state index >= 15 is 0 Å². The van der Waals surface area contributed by atoms with Crippen molar-refractivity contribution in [3.8, 4) is 0 Å². The lowest BCUT2D eigenvalue weighted by Gasteiger charge is -2.27. The van der Waals surface area contributed by atoms with Gasteiger partial charge in [0.05, 0.1) is 19.4 Å². The van der Waals surface area contributed by atoms with Crippen molar-refractivity contribution in [2.75, 3.05) is 23.7 Å². The van der Waals surface area contributed by atoms with E-state index in [1.54, 1.807) is 17.0 Å². The number of carbonyl (C=O) groups is 1. The van der Waals surface area contributed by atoms with Gasteiger partial charge >= 0.3 is 5.69 Å². The lowest BCUT2D eigenvalue weighted by atomic mass is 10.2. The molecule has 0 aliphatic rings. The van der Waals surface area contributed by atoms with E-state index in [1.807, 2.05) is 27.7 Å². The molecule has 0 saturated heterocycles. The van der Waals surface area contributed by atoms with Gasteiger partial charge in [0.15, 0.2) is 0 Å². The molecule has 2 aromatic rings. The fourth-order valence-corrected chi connectivity index (χ4v) is 2.93. The van der Waals surface area contributed by atoms with Gasteiger partial charge in [-0.1, -0.05) is 27.7 Å². The molecule has 0 unspecified atom stereocenters. The molecule has 4 N–H and O–H groups in total. The van der Waals surface area contributed by atoms with Crippen LogP contribution in [0.15, 0.2) is 32.4 Å². The average molecular weight is 391 g/mol. The minimum Gasteiger partial charge on any atom is -0.467 e. The van der Waals surface area contributed by atoms with Gasteiger partial charge in [-0.15, -0.1) is 0 Å². The largest absolute Gasteiger partial charge is 0.467 e. The summed E-state index contributed by atoms with van der Waals surface area (Å²) >= 11 is 0. The first-order valence-electron chi connectivity index (χ1n) is 9.35. The minimum absolute atomic E-state index is 0.0634.